The van der Waals surface area contributed by atoms with E-state index in [1.165, 1.54) is 44.9 Å². The average molecular weight is 730 g/mol. The molecule has 5 rings (SSSR count). The lowest BCUT2D eigenvalue weighted by Crippen LogP contribution is -2.71. The molecule has 2 aliphatic heterocycles. The molecule has 0 saturated carbocycles. The SMILES string of the molecule is CCCCCCCC/C=C\CCCCCCCC(=O)O[C@H](C(=O)OC1=CC[C@@]2(O)[C@@H](C)N(C)CC[C@@]23c2c(C)ccc(CO)c2O[C@@H]13)c1ccccc1. The minimum Gasteiger partial charge on any atom is -0.481 e. The van der Waals surface area contributed by atoms with E-state index >= 15 is 0 Å². The number of ether oxygens (including phenoxy) is 3. The van der Waals surface area contributed by atoms with Crippen LogP contribution in [0.1, 0.15) is 145 Å². The fourth-order valence-corrected chi connectivity index (χ4v) is 8.78. The monoisotopic (exact) mass is 729 g/mol. The summed E-state index contributed by atoms with van der Waals surface area (Å²) in [6.45, 7) is 6.75. The van der Waals surface area contributed by atoms with Gasteiger partial charge in [0, 0.05) is 35.6 Å². The van der Waals surface area contributed by atoms with Gasteiger partial charge in [-0.2, -0.15) is 0 Å². The van der Waals surface area contributed by atoms with Gasteiger partial charge in [-0.05, 0) is 77.6 Å². The van der Waals surface area contributed by atoms with Gasteiger partial charge < -0.3 is 29.3 Å². The van der Waals surface area contributed by atoms with Gasteiger partial charge in [-0.1, -0.05) is 113 Å². The fraction of sp³-hybridized carbons (Fsp3) is 0.600. The van der Waals surface area contributed by atoms with Crippen molar-refractivity contribution in [3.63, 3.8) is 0 Å². The number of carbonyl (C=O) groups is 2. The van der Waals surface area contributed by atoms with Crippen LogP contribution in [-0.2, 0) is 31.1 Å². The van der Waals surface area contributed by atoms with Gasteiger partial charge in [0.2, 0.25) is 6.10 Å². The second-order valence-corrected chi connectivity index (χ2v) is 15.6. The molecular formula is C45H63NO7. The highest BCUT2D eigenvalue weighted by Gasteiger charge is 2.69. The minimum absolute atomic E-state index is 0.214. The summed E-state index contributed by atoms with van der Waals surface area (Å²) in [6, 6.07) is 12.6. The van der Waals surface area contributed by atoms with Gasteiger partial charge in [-0.25, -0.2) is 4.79 Å². The van der Waals surface area contributed by atoms with Gasteiger partial charge in [0.25, 0.3) is 0 Å². The Morgan fingerprint density at radius 1 is 0.962 bits per heavy atom. The Morgan fingerprint density at radius 3 is 2.30 bits per heavy atom. The number of hydrogen-bond donors (Lipinski definition) is 2. The highest BCUT2D eigenvalue weighted by molar-refractivity contribution is 5.81. The summed E-state index contributed by atoms with van der Waals surface area (Å²) >= 11 is 0. The lowest BCUT2D eigenvalue weighted by Gasteiger charge is -2.58. The van der Waals surface area contributed by atoms with Crippen molar-refractivity contribution < 1.29 is 34.0 Å². The molecule has 2 N–H and O–H groups in total. The molecule has 0 radical (unpaired) electrons. The van der Waals surface area contributed by atoms with Gasteiger partial charge >= 0.3 is 11.9 Å². The lowest BCUT2D eigenvalue weighted by atomic mass is 9.54. The summed E-state index contributed by atoms with van der Waals surface area (Å²) < 4.78 is 18.7. The number of aliphatic hydroxyl groups is 2. The van der Waals surface area contributed by atoms with Crippen molar-refractivity contribution in [2.45, 2.75) is 159 Å². The summed E-state index contributed by atoms with van der Waals surface area (Å²) in [7, 11) is 2.01. The third kappa shape index (κ3) is 9.09. The van der Waals surface area contributed by atoms with Crippen molar-refractivity contribution in [3.8, 4) is 5.75 Å². The number of esters is 2. The molecule has 0 bridgehead atoms. The third-order valence-electron chi connectivity index (χ3n) is 12.0. The first-order chi connectivity index (χ1) is 25.7. The Labute approximate surface area is 317 Å². The van der Waals surface area contributed by atoms with Crippen molar-refractivity contribution in [1.82, 2.24) is 4.90 Å². The van der Waals surface area contributed by atoms with Crippen molar-refractivity contribution in [3.05, 3.63) is 88.7 Å². The Balaban J connectivity index is 1.18. The quantitative estimate of drug-likeness (QED) is 0.0790. The van der Waals surface area contributed by atoms with E-state index < -0.39 is 35.2 Å². The molecule has 8 nitrogen and oxygen atoms in total. The van der Waals surface area contributed by atoms with Crippen molar-refractivity contribution in [2.75, 3.05) is 13.6 Å². The molecule has 290 valence electrons. The van der Waals surface area contributed by atoms with Crippen LogP contribution in [0.25, 0.3) is 0 Å². The number of likely N-dealkylation sites (N-methyl/N-ethyl adjacent to an activating group) is 1. The van der Waals surface area contributed by atoms with Gasteiger partial charge in [-0.3, -0.25) is 4.79 Å². The maximum atomic E-state index is 14.1. The van der Waals surface area contributed by atoms with Crippen molar-refractivity contribution in [2.24, 2.45) is 0 Å². The predicted octanol–water partition coefficient (Wildman–Crippen LogP) is 9.09. The number of carbonyl (C=O) groups excluding carboxylic acids is 2. The van der Waals surface area contributed by atoms with E-state index in [-0.39, 0.29) is 25.5 Å². The first-order valence-electron chi connectivity index (χ1n) is 20.3. The van der Waals surface area contributed by atoms with Crippen molar-refractivity contribution in [1.29, 1.82) is 0 Å². The van der Waals surface area contributed by atoms with Crippen LogP contribution in [-0.4, -0.2) is 58.4 Å². The van der Waals surface area contributed by atoms with Crippen LogP contribution < -0.4 is 4.74 Å². The number of hydrogen-bond acceptors (Lipinski definition) is 8. The number of fused-ring (bicyclic) bond motifs is 1. The van der Waals surface area contributed by atoms with Crippen LogP contribution in [0.4, 0.5) is 0 Å². The van der Waals surface area contributed by atoms with Gasteiger partial charge in [-0.15, -0.1) is 0 Å². The molecule has 8 heteroatoms. The van der Waals surface area contributed by atoms with Gasteiger partial charge in [0.15, 0.2) is 6.10 Å². The Morgan fingerprint density at radius 2 is 1.62 bits per heavy atom. The zero-order valence-electron chi connectivity index (χ0n) is 32.6. The number of unbranched alkanes of at least 4 members (excludes halogenated alkanes) is 11. The van der Waals surface area contributed by atoms with E-state index in [9.17, 15) is 19.8 Å². The highest BCUT2D eigenvalue weighted by atomic mass is 16.6. The zero-order valence-corrected chi connectivity index (χ0v) is 32.6. The predicted molar refractivity (Wildman–Crippen MR) is 208 cm³/mol. The van der Waals surface area contributed by atoms with E-state index in [0.29, 0.717) is 42.0 Å². The Hall–Kier alpha value is -3.46. The summed E-state index contributed by atoms with van der Waals surface area (Å²) in [6.07, 6.45) is 20.6. The van der Waals surface area contributed by atoms with Crippen LogP contribution >= 0.6 is 0 Å². The van der Waals surface area contributed by atoms with Crippen LogP contribution in [0.5, 0.6) is 5.75 Å². The Kier molecular flexibility index (Phi) is 14.8. The topological polar surface area (TPSA) is 106 Å². The molecule has 0 amide bonds. The largest absolute Gasteiger partial charge is 0.481 e. The molecule has 2 aromatic rings. The molecule has 2 aromatic carbocycles. The standard InChI is InChI=1S/C45H63NO7/c1-5-6-7-8-9-10-11-12-13-14-15-16-17-18-22-25-38(48)52-41(35-23-20-19-21-24-35)43(49)51-37-28-29-45(50)34(3)46(4)31-30-44(45)39-33(2)26-27-36(32-47)40(39)53-42(37)44/h12-13,19-21,23-24,26-28,34,41-42,47,50H,5-11,14-18,22,25,29-32H2,1-4H3/b13-12-/t34-,41+,42+,44+,45-/m1/s1. The van der Waals surface area contributed by atoms with Gasteiger partial charge in [0.1, 0.15) is 11.5 Å². The molecule has 2 heterocycles. The molecule has 53 heavy (non-hydrogen) atoms. The molecule has 1 spiro atoms. The number of benzene rings is 2. The van der Waals surface area contributed by atoms with E-state index in [4.69, 9.17) is 14.2 Å². The average Bonchev–Trinajstić information content (AvgIpc) is 3.53. The molecule has 0 unspecified atom stereocenters. The number of allylic oxidation sites excluding steroid dienone is 2. The first-order valence-corrected chi connectivity index (χ1v) is 20.3. The molecule has 0 aromatic heterocycles. The molecule has 1 saturated heterocycles. The molecule has 5 atom stereocenters. The van der Waals surface area contributed by atoms with Crippen LogP contribution in [0.3, 0.4) is 0 Å². The van der Waals surface area contributed by atoms with Gasteiger partial charge in [0.05, 0.1) is 17.6 Å². The lowest BCUT2D eigenvalue weighted by molar-refractivity contribution is -0.173. The molecule has 1 aliphatic carbocycles. The second kappa shape index (κ2) is 19.2. The van der Waals surface area contributed by atoms with E-state index in [1.54, 1.807) is 30.3 Å². The molecule has 1 fully saturated rings. The maximum Gasteiger partial charge on any atom is 0.357 e. The van der Waals surface area contributed by atoms with Crippen LogP contribution in [0.15, 0.2) is 66.5 Å². The smallest absolute Gasteiger partial charge is 0.357 e. The maximum absolute atomic E-state index is 14.1. The highest BCUT2D eigenvalue weighted by Crippen LogP contribution is 2.61. The van der Waals surface area contributed by atoms with Crippen LogP contribution in [0, 0.1) is 6.92 Å². The van der Waals surface area contributed by atoms with E-state index in [0.717, 1.165) is 43.2 Å². The summed E-state index contributed by atoms with van der Waals surface area (Å²) in [5.74, 6) is -0.304. The first kappa shape index (κ1) is 40.7. The second-order valence-electron chi connectivity index (χ2n) is 15.6. The zero-order chi connectivity index (χ0) is 37.8. The van der Waals surface area contributed by atoms with Crippen LogP contribution in [0.2, 0.25) is 0 Å². The summed E-state index contributed by atoms with van der Waals surface area (Å²) in [5, 5.41) is 22.8. The number of aryl methyl sites for hydroxylation is 1. The summed E-state index contributed by atoms with van der Waals surface area (Å²) in [4.78, 5) is 29.4. The normalized spacial score (nSPS) is 24.2. The van der Waals surface area contributed by atoms with E-state index in [1.807, 2.05) is 39.1 Å². The van der Waals surface area contributed by atoms with E-state index in [2.05, 4.69) is 24.0 Å². The number of nitrogens with zero attached hydrogens (tertiary/aromatic N) is 1. The number of rotatable bonds is 20. The number of aliphatic hydroxyl groups excluding tert-OH is 1. The van der Waals surface area contributed by atoms with Crippen molar-refractivity contribution >= 4 is 11.9 Å². The molecular weight excluding hydrogens is 666 g/mol. The molecule has 3 aliphatic rings. The Bertz CT molecular complexity index is 1570. The fourth-order valence-electron chi connectivity index (χ4n) is 8.78. The number of piperidine rings is 1. The minimum atomic E-state index is -1.25. The summed E-state index contributed by atoms with van der Waals surface area (Å²) in [5.41, 5.74) is 0.843. The third-order valence-corrected chi connectivity index (χ3v) is 12.0. The number of likely N-dealkylation sites (tertiary alicyclic amines) is 1.